The quantitative estimate of drug-likeness (QED) is 0.921. The van der Waals surface area contributed by atoms with Crippen LogP contribution in [0.4, 0.5) is 0 Å². The zero-order valence-electron chi connectivity index (χ0n) is 8.52. The standard InChI is InChI=1S/C10H13BrN4/c1-7(5-12)4-9-13-10-3-2-8(11)6-15(10)14-9/h2-3,6-7H,4-5,12H2,1H3. The first-order valence-corrected chi connectivity index (χ1v) is 5.69. The van der Waals surface area contributed by atoms with Crippen LogP contribution in [0.1, 0.15) is 12.7 Å². The Hall–Kier alpha value is -0.940. The van der Waals surface area contributed by atoms with Gasteiger partial charge in [0.2, 0.25) is 0 Å². The van der Waals surface area contributed by atoms with Crippen molar-refractivity contribution in [2.45, 2.75) is 13.3 Å². The molecule has 2 heterocycles. The summed E-state index contributed by atoms with van der Waals surface area (Å²) in [5, 5.41) is 4.38. The van der Waals surface area contributed by atoms with Gasteiger partial charge >= 0.3 is 0 Å². The van der Waals surface area contributed by atoms with Gasteiger partial charge in [0.25, 0.3) is 0 Å². The molecule has 0 bridgehead atoms. The van der Waals surface area contributed by atoms with Crippen LogP contribution >= 0.6 is 15.9 Å². The van der Waals surface area contributed by atoms with Gasteiger partial charge in [0.1, 0.15) is 0 Å². The lowest BCUT2D eigenvalue weighted by atomic mass is 10.1. The second-order valence-electron chi connectivity index (χ2n) is 3.72. The molecule has 0 aromatic carbocycles. The van der Waals surface area contributed by atoms with Gasteiger partial charge in [-0.3, -0.25) is 0 Å². The summed E-state index contributed by atoms with van der Waals surface area (Å²) in [5.41, 5.74) is 6.44. The van der Waals surface area contributed by atoms with Gasteiger partial charge in [0.05, 0.1) is 0 Å². The zero-order chi connectivity index (χ0) is 10.8. The van der Waals surface area contributed by atoms with Crippen molar-refractivity contribution >= 4 is 21.6 Å². The van der Waals surface area contributed by atoms with Crippen LogP contribution in [-0.2, 0) is 6.42 Å². The maximum absolute atomic E-state index is 5.57. The van der Waals surface area contributed by atoms with Gasteiger partial charge in [-0.25, -0.2) is 9.50 Å². The van der Waals surface area contributed by atoms with Gasteiger partial charge in [-0.05, 0) is 40.5 Å². The number of rotatable bonds is 3. The molecule has 0 spiro atoms. The fraction of sp³-hybridized carbons (Fsp3) is 0.400. The van der Waals surface area contributed by atoms with E-state index in [1.165, 1.54) is 0 Å². The SMILES string of the molecule is CC(CN)Cc1nc2ccc(Br)cn2n1. The molecule has 1 unspecified atom stereocenters. The molecule has 0 aliphatic carbocycles. The van der Waals surface area contributed by atoms with E-state index in [1.54, 1.807) is 4.52 Å². The predicted octanol–water partition coefficient (Wildman–Crippen LogP) is 1.63. The Morgan fingerprint density at radius 3 is 3.07 bits per heavy atom. The van der Waals surface area contributed by atoms with Crippen molar-refractivity contribution in [3.8, 4) is 0 Å². The monoisotopic (exact) mass is 268 g/mol. The summed E-state index contributed by atoms with van der Waals surface area (Å²) in [6, 6.07) is 3.90. The number of fused-ring (bicyclic) bond motifs is 1. The molecule has 0 aliphatic heterocycles. The lowest BCUT2D eigenvalue weighted by Gasteiger charge is -2.02. The van der Waals surface area contributed by atoms with Crippen molar-refractivity contribution in [2.24, 2.45) is 11.7 Å². The molecule has 5 heteroatoms. The molecule has 2 aromatic rings. The third-order valence-electron chi connectivity index (χ3n) is 2.27. The highest BCUT2D eigenvalue weighted by atomic mass is 79.9. The number of halogens is 1. The van der Waals surface area contributed by atoms with E-state index in [0.717, 1.165) is 22.4 Å². The van der Waals surface area contributed by atoms with Crippen LogP contribution in [0, 0.1) is 5.92 Å². The van der Waals surface area contributed by atoms with E-state index in [1.807, 2.05) is 18.3 Å². The molecule has 1 atom stereocenters. The molecule has 2 aromatic heterocycles. The summed E-state index contributed by atoms with van der Waals surface area (Å²) < 4.78 is 2.78. The summed E-state index contributed by atoms with van der Waals surface area (Å²) >= 11 is 3.40. The van der Waals surface area contributed by atoms with Gasteiger partial charge < -0.3 is 5.73 Å². The fourth-order valence-electron chi connectivity index (χ4n) is 1.39. The highest BCUT2D eigenvalue weighted by Gasteiger charge is 2.07. The van der Waals surface area contributed by atoms with Gasteiger partial charge in [0, 0.05) is 17.1 Å². The van der Waals surface area contributed by atoms with Crippen LogP contribution in [0.3, 0.4) is 0 Å². The summed E-state index contributed by atoms with van der Waals surface area (Å²) in [4.78, 5) is 4.42. The van der Waals surface area contributed by atoms with Gasteiger partial charge in [-0.2, -0.15) is 5.10 Å². The first-order chi connectivity index (χ1) is 7.19. The topological polar surface area (TPSA) is 56.2 Å². The minimum absolute atomic E-state index is 0.422. The van der Waals surface area contributed by atoms with E-state index in [2.05, 4.69) is 32.9 Å². The Labute approximate surface area is 96.6 Å². The van der Waals surface area contributed by atoms with Crippen molar-refractivity contribution in [2.75, 3.05) is 6.54 Å². The summed E-state index contributed by atoms with van der Waals surface area (Å²) in [6.45, 7) is 2.76. The molecule has 2 rings (SSSR count). The second kappa shape index (κ2) is 4.28. The lowest BCUT2D eigenvalue weighted by molar-refractivity contribution is 0.573. The van der Waals surface area contributed by atoms with E-state index in [4.69, 9.17) is 5.73 Å². The summed E-state index contributed by atoms with van der Waals surface area (Å²) in [7, 11) is 0. The first kappa shape index (κ1) is 10.6. The van der Waals surface area contributed by atoms with E-state index in [9.17, 15) is 0 Å². The van der Waals surface area contributed by atoms with Crippen molar-refractivity contribution in [1.29, 1.82) is 0 Å². The molecule has 0 saturated heterocycles. The van der Waals surface area contributed by atoms with Crippen LogP contribution in [-0.4, -0.2) is 21.1 Å². The van der Waals surface area contributed by atoms with E-state index >= 15 is 0 Å². The highest BCUT2D eigenvalue weighted by molar-refractivity contribution is 9.10. The number of nitrogens with two attached hydrogens (primary N) is 1. The second-order valence-corrected chi connectivity index (χ2v) is 4.64. The van der Waals surface area contributed by atoms with Crippen LogP contribution in [0.15, 0.2) is 22.8 Å². The van der Waals surface area contributed by atoms with E-state index < -0.39 is 0 Å². The number of hydrogen-bond acceptors (Lipinski definition) is 3. The Morgan fingerprint density at radius 1 is 1.53 bits per heavy atom. The Bertz CT molecular complexity index is 465. The minimum Gasteiger partial charge on any atom is -0.330 e. The van der Waals surface area contributed by atoms with Gasteiger partial charge in [0.15, 0.2) is 11.5 Å². The molecule has 4 nitrogen and oxygen atoms in total. The van der Waals surface area contributed by atoms with Crippen LogP contribution in [0.5, 0.6) is 0 Å². The molecule has 0 radical (unpaired) electrons. The minimum atomic E-state index is 0.422. The van der Waals surface area contributed by atoms with Crippen LogP contribution in [0.2, 0.25) is 0 Å². The highest BCUT2D eigenvalue weighted by Crippen LogP contribution is 2.11. The lowest BCUT2D eigenvalue weighted by Crippen LogP contribution is -2.13. The number of pyridine rings is 1. The van der Waals surface area contributed by atoms with Gasteiger partial charge in [-0.1, -0.05) is 6.92 Å². The molecule has 0 saturated carbocycles. The van der Waals surface area contributed by atoms with Crippen molar-refractivity contribution in [3.63, 3.8) is 0 Å². The number of nitrogens with zero attached hydrogens (tertiary/aromatic N) is 3. The molecule has 15 heavy (non-hydrogen) atoms. The molecule has 0 aliphatic rings. The molecule has 0 amide bonds. The molecule has 0 fully saturated rings. The number of hydrogen-bond donors (Lipinski definition) is 1. The first-order valence-electron chi connectivity index (χ1n) is 4.90. The number of aromatic nitrogens is 3. The fourth-order valence-corrected chi connectivity index (χ4v) is 1.71. The van der Waals surface area contributed by atoms with E-state index in [-0.39, 0.29) is 0 Å². The molecule has 80 valence electrons. The van der Waals surface area contributed by atoms with Crippen molar-refractivity contribution in [3.05, 3.63) is 28.6 Å². The average molecular weight is 269 g/mol. The molecule has 2 N–H and O–H groups in total. The molecular formula is C10H13BrN4. The smallest absolute Gasteiger partial charge is 0.155 e. The van der Waals surface area contributed by atoms with E-state index in [0.29, 0.717) is 12.5 Å². The normalized spacial score (nSPS) is 13.3. The van der Waals surface area contributed by atoms with Crippen LogP contribution in [0.25, 0.3) is 5.65 Å². The third kappa shape index (κ3) is 2.35. The largest absolute Gasteiger partial charge is 0.330 e. The van der Waals surface area contributed by atoms with Crippen LogP contribution < -0.4 is 5.73 Å². The summed E-state index contributed by atoms with van der Waals surface area (Å²) in [5.74, 6) is 1.27. The maximum Gasteiger partial charge on any atom is 0.155 e. The Kier molecular flexibility index (Phi) is 3.02. The predicted molar refractivity (Wildman–Crippen MR) is 62.6 cm³/mol. The van der Waals surface area contributed by atoms with Crippen molar-refractivity contribution < 1.29 is 0 Å². The summed E-state index contributed by atoms with van der Waals surface area (Å²) in [6.07, 6.45) is 2.73. The average Bonchev–Trinajstić information content (AvgIpc) is 2.59. The Morgan fingerprint density at radius 2 is 2.33 bits per heavy atom. The Balaban J connectivity index is 2.30. The van der Waals surface area contributed by atoms with Crippen molar-refractivity contribution in [1.82, 2.24) is 14.6 Å². The third-order valence-corrected chi connectivity index (χ3v) is 2.74. The maximum atomic E-state index is 5.57. The zero-order valence-corrected chi connectivity index (χ0v) is 10.1. The molecular weight excluding hydrogens is 256 g/mol. The van der Waals surface area contributed by atoms with Gasteiger partial charge in [-0.15, -0.1) is 0 Å².